The molecule has 2 N–H and O–H groups in total. The Bertz CT molecular complexity index is 1020. The van der Waals surface area contributed by atoms with Crippen LogP contribution in [-0.2, 0) is 9.59 Å². The minimum atomic E-state index is -0.711. The van der Waals surface area contributed by atoms with Gasteiger partial charge in [-0.2, -0.15) is 5.10 Å². The Morgan fingerprint density at radius 2 is 1.89 bits per heavy atom. The number of aromatic nitrogens is 2. The molecule has 0 bridgehead atoms. The molecule has 3 aromatic rings. The summed E-state index contributed by atoms with van der Waals surface area (Å²) in [5.41, 5.74) is 3.42. The van der Waals surface area contributed by atoms with Gasteiger partial charge in [0.05, 0.1) is 19.7 Å². The number of anilines is 2. The Morgan fingerprint density at radius 3 is 2.57 bits per heavy atom. The number of ether oxygens (including phenoxy) is 1. The number of amides is 2. The molecule has 0 fully saturated rings. The van der Waals surface area contributed by atoms with Gasteiger partial charge >= 0.3 is 0 Å². The van der Waals surface area contributed by atoms with Crippen molar-refractivity contribution in [1.82, 2.24) is 9.78 Å². The van der Waals surface area contributed by atoms with Crippen LogP contribution in [0.25, 0.3) is 11.1 Å². The molecule has 0 spiro atoms. The topological polar surface area (TPSA) is 85.2 Å². The van der Waals surface area contributed by atoms with Crippen molar-refractivity contribution in [3.63, 3.8) is 0 Å². The number of benzene rings is 2. The van der Waals surface area contributed by atoms with Crippen molar-refractivity contribution in [3.8, 4) is 16.9 Å². The summed E-state index contributed by atoms with van der Waals surface area (Å²) in [6.07, 6.45) is 1.70. The summed E-state index contributed by atoms with van der Waals surface area (Å²) >= 11 is 0. The van der Waals surface area contributed by atoms with E-state index in [0.29, 0.717) is 11.5 Å². The van der Waals surface area contributed by atoms with Crippen LogP contribution in [0.15, 0.2) is 54.7 Å². The van der Waals surface area contributed by atoms with Gasteiger partial charge in [0.25, 0.3) is 0 Å². The number of rotatable bonds is 4. The van der Waals surface area contributed by atoms with Crippen molar-refractivity contribution in [2.45, 2.75) is 19.4 Å². The third kappa shape index (κ3) is 3.34. The number of hydrogen-bond acceptors (Lipinski definition) is 4. The molecule has 28 heavy (non-hydrogen) atoms. The molecule has 0 saturated carbocycles. The fourth-order valence-corrected chi connectivity index (χ4v) is 3.22. The zero-order valence-corrected chi connectivity index (χ0v) is 15.6. The molecule has 1 aliphatic rings. The van der Waals surface area contributed by atoms with Crippen LogP contribution in [0.5, 0.6) is 5.75 Å². The molecule has 2 amide bonds. The Kier molecular flexibility index (Phi) is 4.57. The first-order chi connectivity index (χ1) is 13.5. The SMILES string of the molecule is COc1ccc(-c2cnn3c2NC(=O)C[C@H]3C(=O)Nc2ccc(C)cc2)cc1. The van der Waals surface area contributed by atoms with Gasteiger partial charge in [0.1, 0.15) is 17.6 Å². The van der Waals surface area contributed by atoms with Gasteiger partial charge in [0.15, 0.2) is 0 Å². The molecule has 1 atom stereocenters. The molecular formula is C21H20N4O3. The van der Waals surface area contributed by atoms with Gasteiger partial charge in [-0.3, -0.25) is 9.59 Å². The van der Waals surface area contributed by atoms with Crippen LogP contribution in [0.3, 0.4) is 0 Å². The van der Waals surface area contributed by atoms with Crippen LogP contribution in [-0.4, -0.2) is 28.7 Å². The van der Waals surface area contributed by atoms with Crippen molar-refractivity contribution in [2.24, 2.45) is 0 Å². The zero-order valence-electron chi connectivity index (χ0n) is 15.6. The van der Waals surface area contributed by atoms with Gasteiger partial charge in [-0.25, -0.2) is 4.68 Å². The van der Waals surface area contributed by atoms with E-state index in [1.165, 1.54) is 0 Å². The number of nitrogens with one attached hydrogen (secondary N) is 2. The van der Waals surface area contributed by atoms with E-state index in [2.05, 4.69) is 15.7 Å². The largest absolute Gasteiger partial charge is 0.497 e. The lowest BCUT2D eigenvalue weighted by atomic mass is 10.1. The van der Waals surface area contributed by atoms with Gasteiger partial charge in [-0.05, 0) is 36.8 Å². The smallest absolute Gasteiger partial charge is 0.249 e. The zero-order chi connectivity index (χ0) is 19.7. The van der Waals surface area contributed by atoms with Crippen molar-refractivity contribution >= 4 is 23.3 Å². The van der Waals surface area contributed by atoms with Gasteiger partial charge < -0.3 is 15.4 Å². The summed E-state index contributed by atoms with van der Waals surface area (Å²) in [6.45, 7) is 1.98. The Labute approximate surface area is 162 Å². The molecule has 4 rings (SSSR count). The van der Waals surface area contributed by atoms with Crippen LogP contribution >= 0.6 is 0 Å². The van der Waals surface area contributed by atoms with E-state index in [9.17, 15) is 9.59 Å². The fraction of sp³-hybridized carbons (Fsp3) is 0.190. The summed E-state index contributed by atoms with van der Waals surface area (Å²) in [6, 6.07) is 14.3. The lowest BCUT2D eigenvalue weighted by molar-refractivity contribution is -0.125. The molecule has 142 valence electrons. The average Bonchev–Trinajstić information content (AvgIpc) is 3.12. The normalized spacial score (nSPS) is 15.5. The first-order valence-electron chi connectivity index (χ1n) is 8.94. The van der Waals surface area contributed by atoms with Crippen LogP contribution in [0, 0.1) is 6.92 Å². The van der Waals surface area contributed by atoms with Crippen molar-refractivity contribution in [2.75, 3.05) is 17.7 Å². The first kappa shape index (κ1) is 17.8. The Hall–Kier alpha value is -3.61. The van der Waals surface area contributed by atoms with Gasteiger partial charge in [0.2, 0.25) is 11.8 Å². The second-order valence-corrected chi connectivity index (χ2v) is 6.70. The summed E-state index contributed by atoms with van der Waals surface area (Å²) < 4.78 is 6.76. The minimum Gasteiger partial charge on any atom is -0.497 e. The van der Waals surface area contributed by atoms with Crippen LogP contribution in [0.2, 0.25) is 0 Å². The molecule has 1 aromatic heterocycles. The number of nitrogens with zero attached hydrogens (tertiary/aromatic N) is 2. The molecule has 7 heteroatoms. The highest BCUT2D eigenvalue weighted by molar-refractivity contribution is 6.03. The number of hydrogen-bond donors (Lipinski definition) is 2. The highest BCUT2D eigenvalue weighted by Crippen LogP contribution is 2.35. The minimum absolute atomic E-state index is 0.0361. The van der Waals surface area contributed by atoms with Gasteiger partial charge in [0, 0.05) is 11.3 Å². The third-order valence-corrected chi connectivity index (χ3v) is 4.75. The van der Waals surface area contributed by atoms with Crippen molar-refractivity contribution < 1.29 is 14.3 Å². The predicted molar refractivity (Wildman–Crippen MR) is 106 cm³/mol. The van der Waals surface area contributed by atoms with Gasteiger partial charge in [-0.1, -0.05) is 29.8 Å². The fourth-order valence-electron chi connectivity index (χ4n) is 3.22. The number of methoxy groups -OCH3 is 1. The maximum absolute atomic E-state index is 12.8. The van der Waals surface area contributed by atoms with E-state index in [1.54, 1.807) is 18.0 Å². The predicted octanol–water partition coefficient (Wildman–Crippen LogP) is 3.39. The molecular weight excluding hydrogens is 356 g/mol. The maximum Gasteiger partial charge on any atom is 0.249 e. The quantitative estimate of drug-likeness (QED) is 0.731. The molecule has 2 heterocycles. The summed E-state index contributed by atoms with van der Waals surface area (Å²) in [4.78, 5) is 25.1. The molecule has 0 aliphatic carbocycles. The van der Waals surface area contributed by atoms with E-state index in [4.69, 9.17) is 4.74 Å². The van der Waals surface area contributed by atoms with Crippen molar-refractivity contribution in [1.29, 1.82) is 0 Å². The Balaban J connectivity index is 1.63. The number of carbonyl (C=O) groups excluding carboxylic acids is 2. The molecule has 7 nitrogen and oxygen atoms in total. The lowest BCUT2D eigenvalue weighted by Gasteiger charge is -2.24. The summed E-state index contributed by atoms with van der Waals surface area (Å²) in [7, 11) is 1.61. The second kappa shape index (κ2) is 7.19. The maximum atomic E-state index is 12.8. The first-order valence-corrected chi connectivity index (χ1v) is 8.94. The summed E-state index contributed by atoms with van der Waals surface area (Å²) in [5, 5.41) is 10.1. The number of aryl methyl sites for hydroxylation is 1. The molecule has 0 unspecified atom stereocenters. The van der Waals surface area contributed by atoms with E-state index in [1.807, 2.05) is 55.5 Å². The van der Waals surface area contributed by atoms with E-state index >= 15 is 0 Å². The number of carbonyl (C=O) groups is 2. The average molecular weight is 376 g/mol. The van der Waals surface area contributed by atoms with Crippen LogP contribution < -0.4 is 15.4 Å². The molecule has 0 radical (unpaired) electrons. The summed E-state index contributed by atoms with van der Waals surface area (Å²) in [5.74, 6) is 0.769. The lowest BCUT2D eigenvalue weighted by Crippen LogP contribution is -2.35. The highest BCUT2D eigenvalue weighted by atomic mass is 16.5. The van der Waals surface area contributed by atoms with E-state index in [0.717, 1.165) is 22.4 Å². The molecule has 1 aliphatic heterocycles. The second-order valence-electron chi connectivity index (χ2n) is 6.70. The number of fused-ring (bicyclic) bond motifs is 1. The monoisotopic (exact) mass is 376 g/mol. The van der Waals surface area contributed by atoms with Gasteiger partial charge in [-0.15, -0.1) is 0 Å². The van der Waals surface area contributed by atoms with Crippen molar-refractivity contribution in [3.05, 3.63) is 60.3 Å². The van der Waals surface area contributed by atoms with E-state index < -0.39 is 6.04 Å². The highest BCUT2D eigenvalue weighted by Gasteiger charge is 2.33. The third-order valence-electron chi connectivity index (χ3n) is 4.75. The Morgan fingerprint density at radius 1 is 1.18 bits per heavy atom. The molecule has 0 saturated heterocycles. The molecule has 2 aromatic carbocycles. The standard InChI is InChI=1S/C21H20N4O3/c1-13-3-7-15(8-4-13)23-21(27)18-11-19(26)24-20-17(12-22-25(18)20)14-5-9-16(28-2)10-6-14/h3-10,12,18H,11H2,1-2H3,(H,23,27)(H,24,26)/t18-/m0/s1. The van der Waals surface area contributed by atoms with Crippen LogP contribution in [0.1, 0.15) is 18.0 Å². The van der Waals surface area contributed by atoms with E-state index in [-0.39, 0.29) is 18.2 Å². The van der Waals surface area contributed by atoms with Crippen LogP contribution in [0.4, 0.5) is 11.5 Å².